The summed E-state index contributed by atoms with van der Waals surface area (Å²) in [5.41, 5.74) is -2.67. The van der Waals surface area contributed by atoms with Gasteiger partial charge in [-0.15, -0.1) is 0 Å². The molecule has 0 saturated heterocycles. The molecule has 8 atom stereocenters. The molecule has 1 aliphatic heterocycles. The van der Waals surface area contributed by atoms with Crippen molar-refractivity contribution in [3.05, 3.63) is 46.6 Å². The van der Waals surface area contributed by atoms with E-state index in [0.717, 1.165) is 0 Å². The average molecular weight is 458 g/mol. The number of aromatic nitrogens is 1. The Hall–Kier alpha value is -2.26. The van der Waals surface area contributed by atoms with Crippen molar-refractivity contribution >= 4 is 0 Å². The van der Waals surface area contributed by atoms with Crippen LogP contribution in [0.2, 0.25) is 0 Å². The van der Waals surface area contributed by atoms with Crippen LogP contribution in [0.5, 0.6) is 5.75 Å². The molecule has 178 valence electrons. The molecule has 2 unspecified atom stereocenters. The zero-order chi connectivity index (χ0) is 23.8. The van der Waals surface area contributed by atoms with Crippen molar-refractivity contribution in [1.82, 2.24) is 4.98 Å². The third-order valence-electron chi connectivity index (χ3n) is 8.94. The van der Waals surface area contributed by atoms with Gasteiger partial charge in [0.15, 0.2) is 0 Å². The van der Waals surface area contributed by atoms with E-state index >= 15 is 0 Å². The summed E-state index contributed by atoms with van der Waals surface area (Å²) in [5.74, 6) is -0.465. The van der Waals surface area contributed by atoms with Crippen molar-refractivity contribution in [3.63, 3.8) is 0 Å². The molecule has 0 radical (unpaired) electrons. The van der Waals surface area contributed by atoms with Gasteiger partial charge in [0, 0.05) is 35.4 Å². The van der Waals surface area contributed by atoms with E-state index in [-0.39, 0.29) is 29.6 Å². The van der Waals surface area contributed by atoms with Gasteiger partial charge in [-0.2, -0.15) is 0 Å². The predicted octanol–water partition coefficient (Wildman–Crippen LogP) is 2.04. The Morgan fingerprint density at radius 1 is 1.18 bits per heavy atom. The monoisotopic (exact) mass is 457 g/mol. The number of hydrogen-bond donors (Lipinski definition) is 4. The maximum absolute atomic E-state index is 13.1. The second kappa shape index (κ2) is 7.37. The minimum Gasteiger partial charge on any atom is -0.484 e. The SMILES string of the molecule is C[C@]12CC[C@H](O)[C@@](C)(CO)C1C[C@H](O)[C@@]1(C)Oc3cc(-c4cccnc4)oc(=O)c3[C@H](O)C21. The van der Waals surface area contributed by atoms with E-state index in [9.17, 15) is 25.2 Å². The van der Waals surface area contributed by atoms with E-state index in [1.807, 2.05) is 13.8 Å². The molecule has 33 heavy (non-hydrogen) atoms. The number of aliphatic hydroxyl groups is 4. The van der Waals surface area contributed by atoms with E-state index in [4.69, 9.17) is 9.15 Å². The van der Waals surface area contributed by atoms with Gasteiger partial charge in [-0.25, -0.2) is 4.79 Å². The molecule has 5 rings (SSSR count). The standard InChI is InChI=1S/C25H31NO7/c1-23-7-6-17(28)24(2,12-27)16(23)10-18(29)25(3)21(23)20(30)19-15(33-25)9-14(32-22(19)31)13-5-4-8-26-11-13/h4-5,8-9,11,16-18,20-21,27-30H,6-7,10,12H2,1-3H3/t16?,17-,18-,20-,21?,23-,24-,25+/m0/s1. The highest BCUT2D eigenvalue weighted by molar-refractivity contribution is 5.59. The number of fused-ring (bicyclic) bond motifs is 4. The van der Waals surface area contributed by atoms with Crippen molar-refractivity contribution in [2.24, 2.45) is 22.7 Å². The number of rotatable bonds is 2. The van der Waals surface area contributed by atoms with Crippen LogP contribution in [-0.2, 0) is 0 Å². The lowest BCUT2D eigenvalue weighted by atomic mass is 9.42. The van der Waals surface area contributed by atoms with Gasteiger partial charge in [0.05, 0.1) is 24.9 Å². The van der Waals surface area contributed by atoms with Gasteiger partial charge >= 0.3 is 5.63 Å². The zero-order valence-electron chi connectivity index (χ0n) is 19.1. The number of hydrogen-bond acceptors (Lipinski definition) is 8. The fourth-order valence-electron chi connectivity index (χ4n) is 7.08. The normalized spacial score (nSPS) is 42.0. The van der Waals surface area contributed by atoms with Crippen LogP contribution >= 0.6 is 0 Å². The summed E-state index contributed by atoms with van der Waals surface area (Å²) in [6.45, 7) is 5.37. The number of aliphatic hydroxyl groups excluding tert-OH is 4. The summed E-state index contributed by atoms with van der Waals surface area (Å²) in [6.07, 6.45) is 1.56. The molecule has 4 N–H and O–H groups in total. The van der Waals surface area contributed by atoms with Gasteiger partial charge in [0.25, 0.3) is 0 Å². The summed E-state index contributed by atoms with van der Waals surface area (Å²) in [6, 6.07) is 5.05. The molecular weight excluding hydrogens is 426 g/mol. The lowest BCUT2D eigenvalue weighted by Crippen LogP contribution is -2.70. The maximum Gasteiger partial charge on any atom is 0.345 e. The first-order chi connectivity index (χ1) is 15.6. The maximum atomic E-state index is 13.1. The second-order valence-electron chi connectivity index (χ2n) is 10.7. The van der Waals surface area contributed by atoms with Crippen LogP contribution in [0.3, 0.4) is 0 Å². The molecule has 8 heteroatoms. The fraction of sp³-hybridized carbons (Fsp3) is 0.600. The highest BCUT2D eigenvalue weighted by atomic mass is 16.5. The second-order valence-corrected chi connectivity index (χ2v) is 10.7. The van der Waals surface area contributed by atoms with E-state index < -0.39 is 46.3 Å². The topological polar surface area (TPSA) is 133 Å². The molecule has 2 aliphatic carbocycles. The van der Waals surface area contributed by atoms with Crippen LogP contribution in [-0.4, -0.2) is 49.8 Å². The first-order valence-corrected chi connectivity index (χ1v) is 11.5. The van der Waals surface area contributed by atoms with Crippen LogP contribution in [0.4, 0.5) is 0 Å². The fourth-order valence-corrected chi connectivity index (χ4v) is 7.08. The third-order valence-corrected chi connectivity index (χ3v) is 8.94. The highest BCUT2D eigenvalue weighted by Crippen LogP contribution is 2.66. The quantitative estimate of drug-likeness (QED) is 0.539. The van der Waals surface area contributed by atoms with Gasteiger partial charge < -0.3 is 29.6 Å². The minimum atomic E-state index is -1.24. The van der Waals surface area contributed by atoms with Crippen LogP contribution in [0.1, 0.15) is 51.7 Å². The highest BCUT2D eigenvalue weighted by Gasteiger charge is 2.68. The smallest absolute Gasteiger partial charge is 0.345 e. The molecule has 2 aromatic heterocycles. The first-order valence-electron chi connectivity index (χ1n) is 11.5. The van der Waals surface area contributed by atoms with Crippen LogP contribution in [0.15, 0.2) is 39.8 Å². The summed E-state index contributed by atoms with van der Waals surface area (Å²) in [4.78, 5) is 17.1. The van der Waals surface area contributed by atoms with Gasteiger partial charge in [-0.3, -0.25) is 4.98 Å². The van der Waals surface area contributed by atoms with Crippen molar-refractivity contribution < 1.29 is 29.6 Å². The van der Waals surface area contributed by atoms with Gasteiger partial charge in [-0.1, -0.05) is 13.8 Å². The van der Waals surface area contributed by atoms with Crippen LogP contribution in [0, 0.1) is 22.7 Å². The lowest BCUT2D eigenvalue weighted by Gasteiger charge is -2.66. The molecule has 0 bridgehead atoms. The molecule has 2 saturated carbocycles. The van der Waals surface area contributed by atoms with Gasteiger partial charge in [0.2, 0.25) is 0 Å². The molecule has 0 amide bonds. The molecule has 3 aliphatic rings. The Kier molecular flexibility index (Phi) is 5.03. The van der Waals surface area contributed by atoms with Crippen molar-refractivity contribution in [2.45, 2.75) is 63.9 Å². The van der Waals surface area contributed by atoms with Crippen molar-refractivity contribution in [1.29, 1.82) is 0 Å². The Labute approximate surface area is 191 Å². The Morgan fingerprint density at radius 2 is 1.94 bits per heavy atom. The molecule has 2 aromatic rings. The number of pyridine rings is 1. The zero-order valence-corrected chi connectivity index (χ0v) is 19.1. The van der Waals surface area contributed by atoms with Gasteiger partial charge in [-0.05, 0) is 49.7 Å². The molecular formula is C25H31NO7. The summed E-state index contributed by atoms with van der Waals surface area (Å²) in [5, 5.41) is 43.9. The molecule has 8 nitrogen and oxygen atoms in total. The van der Waals surface area contributed by atoms with Crippen molar-refractivity contribution in [2.75, 3.05) is 6.61 Å². The Morgan fingerprint density at radius 3 is 2.61 bits per heavy atom. The summed E-state index contributed by atoms with van der Waals surface area (Å²) >= 11 is 0. The van der Waals surface area contributed by atoms with Crippen LogP contribution < -0.4 is 10.4 Å². The molecule has 3 heterocycles. The van der Waals surface area contributed by atoms with Crippen LogP contribution in [0.25, 0.3) is 11.3 Å². The van der Waals surface area contributed by atoms with E-state index in [1.54, 1.807) is 37.5 Å². The number of ether oxygens (including phenoxy) is 1. The Balaban J connectivity index is 1.65. The average Bonchev–Trinajstić information content (AvgIpc) is 2.78. The summed E-state index contributed by atoms with van der Waals surface area (Å²) in [7, 11) is 0. The predicted molar refractivity (Wildman–Crippen MR) is 118 cm³/mol. The minimum absolute atomic E-state index is 0.0380. The molecule has 0 aromatic carbocycles. The largest absolute Gasteiger partial charge is 0.484 e. The van der Waals surface area contributed by atoms with E-state index in [1.165, 1.54) is 0 Å². The number of nitrogens with zero attached hydrogens (tertiary/aromatic N) is 1. The third kappa shape index (κ3) is 2.97. The van der Waals surface area contributed by atoms with Crippen molar-refractivity contribution in [3.8, 4) is 17.1 Å². The van der Waals surface area contributed by atoms with E-state index in [0.29, 0.717) is 24.8 Å². The summed E-state index contributed by atoms with van der Waals surface area (Å²) < 4.78 is 11.9. The first kappa shape index (κ1) is 22.5. The van der Waals surface area contributed by atoms with Gasteiger partial charge in [0.1, 0.15) is 22.7 Å². The van der Waals surface area contributed by atoms with E-state index in [2.05, 4.69) is 4.98 Å². The Bertz CT molecular complexity index is 1120. The molecule has 0 spiro atoms. The molecule has 2 fully saturated rings. The lowest BCUT2D eigenvalue weighted by molar-refractivity contribution is -0.264.